The maximum Gasteiger partial charge on any atom is 0.312 e. The summed E-state index contributed by atoms with van der Waals surface area (Å²) in [5.41, 5.74) is 4.42. The number of carbonyl (C=O) groups excluding carboxylic acids is 2. The van der Waals surface area contributed by atoms with Crippen molar-refractivity contribution in [1.29, 1.82) is 0 Å². The van der Waals surface area contributed by atoms with Gasteiger partial charge in [-0.15, -0.1) is 0 Å². The van der Waals surface area contributed by atoms with Gasteiger partial charge in [-0.1, -0.05) is 0 Å². The number of urea groups is 1. The number of primary amides is 1. The first-order valence-corrected chi connectivity index (χ1v) is 8.91. The lowest BCUT2D eigenvalue weighted by atomic mass is 10.1. The highest BCUT2D eigenvalue weighted by atomic mass is 32.2. The van der Waals surface area contributed by atoms with Crippen molar-refractivity contribution in [2.75, 3.05) is 44.7 Å². The van der Waals surface area contributed by atoms with Gasteiger partial charge in [0, 0.05) is 32.7 Å². The van der Waals surface area contributed by atoms with Gasteiger partial charge in [0.25, 0.3) is 0 Å². The molecule has 0 bridgehead atoms. The molecule has 0 aromatic carbocycles. The van der Waals surface area contributed by atoms with Crippen LogP contribution in [0.15, 0.2) is 0 Å². The monoisotopic (exact) mass is 332 g/mol. The largest absolute Gasteiger partial charge is 0.389 e. The normalized spacial score (nSPS) is 18.1. The molecule has 0 saturated carbocycles. The summed E-state index contributed by atoms with van der Waals surface area (Å²) in [5, 5.41) is 12.4. The number of nitrogens with two attached hydrogens (primary N) is 1. The van der Waals surface area contributed by atoms with E-state index in [-0.39, 0.29) is 5.91 Å². The minimum atomic E-state index is -0.736. The van der Waals surface area contributed by atoms with E-state index in [4.69, 9.17) is 5.73 Å². The van der Waals surface area contributed by atoms with Gasteiger partial charge in [0.15, 0.2) is 0 Å². The van der Waals surface area contributed by atoms with Gasteiger partial charge in [-0.25, -0.2) is 4.79 Å². The molecule has 0 unspecified atom stereocenters. The third-order valence-electron chi connectivity index (χ3n) is 3.52. The number of β-amino-alcohol motifs (C(OH)–C–C–N with tert-alkyl or cyclic N) is 1. The van der Waals surface area contributed by atoms with Crippen LogP contribution >= 0.6 is 11.8 Å². The first-order chi connectivity index (χ1) is 10.2. The van der Waals surface area contributed by atoms with Crippen LogP contribution < -0.4 is 11.1 Å². The Bertz CT molecular complexity index is 379. The average molecular weight is 332 g/mol. The summed E-state index contributed by atoms with van der Waals surface area (Å²) >= 11 is 1.63. The van der Waals surface area contributed by atoms with Crippen LogP contribution in [0.5, 0.6) is 0 Å². The second-order valence-corrected chi connectivity index (χ2v) is 7.24. The van der Waals surface area contributed by atoms with Crippen LogP contribution in [0, 0.1) is 0 Å². The molecule has 7 nitrogen and oxygen atoms in total. The molecule has 22 heavy (non-hydrogen) atoms. The molecule has 0 aromatic rings. The van der Waals surface area contributed by atoms with E-state index in [1.807, 2.05) is 6.26 Å². The molecule has 128 valence electrons. The van der Waals surface area contributed by atoms with Crippen LogP contribution in [0.25, 0.3) is 0 Å². The number of carbonyl (C=O) groups is 2. The molecule has 1 atom stereocenters. The van der Waals surface area contributed by atoms with Crippen molar-refractivity contribution in [3.8, 4) is 0 Å². The molecule has 1 rings (SSSR count). The van der Waals surface area contributed by atoms with Crippen LogP contribution in [0.2, 0.25) is 0 Å². The first-order valence-electron chi connectivity index (χ1n) is 7.51. The van der Waals surface area contributed by atoms with E-state index in [1.165, 1.54) is 0 Å². The quantitative estimate of drug-likeness (QED) is 0.594. The molecule has 1 aliphatic heterocycles. The van der Waals surface area contributed by atoms with Crippen LogP contribution in [0.4, 0.5) is 4.79 Å². The highest BCUT2D eigenvalue weighted by molar-refractivity contribution is 7.98. The second kappa shape index (κ2) is 8.59. The smallest absolute Gasteiger partial charge is 0.312 e. The number of piperazine rings is 1. The fourth-order valence-corrected chi connectivity index (χ4v) is 3.03. The lowest BCUT2D eigenvalue weighted by Gasteiger charge is -2.38. The zero-order chi connectivity index (χ0) is 16.8. The zero-order valence-electron chi connectivity index (χ0n) is 13.7. The Hall–Kier alpha value is -0.990. The van der Waals surface area contributed by atoms with Gasteiger partial charge in [-0.3, -0.25) is 9.69 Å². The van der Waals surface area contributed by atoms with Crippen molar-refractivity contribution in [3.63, 3.8) is 0 Å². The molecule has 0 radical (unpaired) electrons. The van der Waals surface area contributed by atoms with Gasteiger partial charge in [0.1, 0.15) is 6.04 Å². The highest BCUT2D eigenvalue weighted by Gasteiger charge is 2.29. The Morgan fingerprint density at radius 2 is 1.91 bits per heavy atom. The number of hydrogen-bond acceptors (Lipinski definition) is 5. The maximum absolute atomic E-state index is 12.5. The predicted octanol–water partition coefficient (Wildman–Crippen LogP) is -0.308. The molecule has 0 spiro atoms. The molecule has 1 aliphatic rings. The highest BCUT2D eigenvalue weighted by Crippen LogP contribution is 2.11. The third-order valence-corrected chi connectivity index (χ3v) is 4.16. The Labute approximate surface area is 136 Å². The van der Waals surface area contributed by atoms with E-state index in [9.17, 15) is 14.7 Å². The Kier molecular flexibility index (Phi) is 7.44. The van der Waals surface area contributed by atoms with Crippen molar-refractivity contribution in [3.05, 3.63) is 0 Å². The molecule has 3 amide bonds. The minimum absolute atomic E-state index is 0.0734. The molecule has 1 fully saturated rings. The van der Waals surface area contributed by atoms with Gasteiger partial charge in [0.05, 0.1) is 5.60 Å². The summed E-state index contributed by atoms with van der Waals surface area (Å²) in [4.78, 5) is 27.5. The standard InChI is InChI=1S/C14H28N4O3S/c1-14(2,21)10-17-5-7-18(8-6-17)12(19)11(4-9-22-3)16-13(15)20/h11,21H,4-10H2,1-3H3,(H3,15,16,20)/t11-/m0/s1. The molecule has 1 heterocycles. The Morgan fingerprint density at radius 3 is 2.36 bits per heavy atom. The van der Waals surface area contributed by atoms with E-state index in [0.29, 0.717) is 26.1 Å². The van der Waals surface area contributed by atoms with Crippen molar-refractivity contribution < 1.29 is 14.7 Å². The van der Waals surface area contributed by atoms with E-state index in [0.717, 1.165) is 18.8 Å². The van der Waals surface area contributed by atoms with Crippen LogP contribution in [-0.4, -0.2) is 83.2 Å². The number of aliphatic hydroxyl groups is 1. The molecule has 0 aliphatic carbocycles. The van der Waals surface area contributed by atoms with E-state index in [2.05, 4.69) is 10.2 Å². The number of thioether (sulfide) groups is 1. The summed E-state index contributed by atoms with van der Waals surface area (Å²) in [5.74, 6) is 0.714. The van der Waals surface area contributed by atoms with Crippen molar-refractivity contribution in [1.82, 2.24) is 15.1 Å². The lowest BCUT2D eigenvalue weighted by molar-refractivity contribution is -0.135. The summed E-state index contributed by atoms with van der Waals surface area (Å²) < 4.78 is 0. The Balaban J connectivity index is 2.52. The average Bonchev–Trinajstić information content (AvgIpc) is 2.41. The summed E-state index contributed by atoms with van der Waals surface area (Å²) in [6, 6.07) is -1.22. The first kappa shape index (κ1) is 19.1. The SMILES string of the molecule is CSCC[C@H](NC(N)=O)C(=O)N1CCN(CC(C)(C)O)CC1. The van der Waals surface area contributed by atoms with Crippen LogP contribution in [0.1, 0.15) is 20.3 Å². The lowest BCUT2D eigenvalue weighted by Crippen LogP contribution is -2.57. The second-order valence-electron chi connectivity index (χ2n) is 6.26. The van der Waals surface area contributed by atoms with Crippen LogP contribution in [0.3, 0.4) is 0 Å². The van der Waals surface area contributed by atoms with Gasteiger partial charge < -0.3 is 21.1 Å². The topological polar surface area (TPSA) is 98.9 Å². The van der Waals surface area contributed by atoms with Crippen molar-refractivity contribution in [2.45, 2.75) is 31.9 Å². The summed E-state index contributed by atoms with van der Waals surface area (Å²) in [7, 11) is 0. The number of rotatable bonds is 7. The summed E-state index contributed by atoms with van der Waals surface area (Å²) in [6.07, 6.45) is 2.54. The molecule has 1 saturated heterocycles. The van der Waals surface area contributed by atoms with Gasteiger partial charge in [-0.05, 0) is 32.3 Å². The number of nitrogens with one attached hydrogen (secondary N) is 1. The van der Waals surface area contributed by atoms with Crippen molar-refractivity contribution in [2.24, 2.45) is 5.73 Å². The zero-order valence-corrected chi connectivity index (χ0v) is 14.5. The Morgan fingerprint density at radius 1 is 1.32 bits per heavy atom. The van der Waals surface area contributed by atoms with E-state index >= 15 is 0 Å². The van der Waals surface area contributed by atoms with Gasteiger partial charge in [0.2, 0.25) is 5.91 Å². The number of hydrogen-bond donors (Lipinski definition) is 3. The number of nitrogens with zero attached hydrogens (tertiary/aromatic N) is 2. The fourth-order valence-electron chi connectivity index (χ4n) is 2.56. The van der Waals surface area contributed by atoms with E-state index in [1.54, 1.807) is 30.5 Å². The van der Waals surface area contributed by atoms with E-state index < -0.39 is 17.7 Å². The third kappa shape index (κ3) is 6.85. The fraction of sp³-hybridized carbons (Fsp3) is 0.857. The molecular formula is C14H28N4O3S. The molecule has 4 N–H and O–H groups in total. The van der Waals surface area contributed by atoms with Crippen molar-refractivity contribution >= 4 is 23.7 Å². The molecule has 8 heteroatoms. The minimum Gasteiger partial charge on any atom is -0.389 e. The van der Waals surface area contributed by atoms with Gasteiger partial charge in [-0.2, -0.15) is 11.8 Å². The van der Waals surface area contributed by atoms with Gasteiger partial charge >= 0.3 is 6.03 Å². The number of amides is 3. The predicted molar refractivity (Wildman–Crippen MR) is 88.8 cm³/mol. The maximum atomic E-state index is 12.5. The molecular weight excluding hydrogens is 304 g/mol. The summed E-state index contributed by atoms with van der Waals surface area (Å²) in [6.45, 7) is 6.79. The molecule has 0 aromatic heterocycles. The van der Waals surface area contributed by atoms with Crippen LogP contribution in [-0.2, 0) is 4.79 Å².